The van der Waals surface area contributed by atoms with Gasteiger partial charge in [0.05, 0.1) is 19.1 Å². The molecule has 2 aliphatic rings. The van der Waals surface area contributed by atoms with Crippen LogP contribution in [0.25, 0.3) is 11.1 Å². The molecule has 5 rings (SSSR count). The van der Waals surface area contributed by atoms with Gasteiger partial charge in [0, 0.05) is 29.8 Å². The highest BCUT2D eigenvalue weighted by Gasteiger charge is 2.29. The third kappa shape index (κ3) is 5.39. The van der Waals surface area contributed by atoms with Crippen molar-refractivity contribution < 1.29 is 19.4 Å². The molecule has 6 heteroatoms. The maximum atomic E-state index is 11.5. The first-order valence-electron chi connectivity index (χ1n) is 13.5. The van der Waals surface area contributed by atoms with Crippen molar-refractivity contribution in [3.63, 3.8) is 0 Å². The second-order valence-electron chi connectivity index (χ2n) is 10.2. The van der Waals surface area contributed by atoms with Gasteiger partial charge in [-0.3, -0.25) is 9.69 Å². The summed E-state index contributed by atoms with van der Waals surface area (Å²) in [7, 11) is 1.69. The second-order valence-corrected chi connectivity index (χ2v) is 10.2. The van der Waals surface area contributed by atoms with Crippen LogP contribution in [0.4, 0.5) is 0 Å². The highest BCUT2D eigenvalue weighted by Crippen LogP contribution is 2.41. The van der Waals surface area contributed by atoms with Gasteiger partial charge in [-0.2, -0.15) is 5.26 Å². The van der Waals surface area contributed by atoms with E-state index in [2.05, 4.69) is 11.0 Å². The van der Waals surface area contributed by atoms with Crippen molar-refractivity contribution in [2.75, 3.05) is 13.7 Å². The van der Waals surface area contributed by atoms with E-state index in [1.54, 1.807) is 7.11 Å². The lowest BCUT2D eigenvalue weighted by Gasteiger charge is -2.35. The molecule has 1 fully saturated rings. The number of carboxylic acids is 1. The summed E-state index contributed by atoms with van der Waals surface area (Å²) in [4.78, 5) is 13.8. The Kier molecular flexibility index (Phi) is 7.95. The summed E-state index contributed by atoms with van der Waals surface area (Å²) in [5.74, 6) is 0.864. The maximum absolute atomic E-state index is 11.5. The van der Waals surface area contributed by atoms with Crippen molar-refractivity contribution in [2.45, 2.75) is 64.1 Å². The Bertz CT molecular complexity index is 1350. The van der Waals surface area contributed by atoms with Crippen molar-refractivity contribution in [2.24, 2.45) is 0 Å². The Labute approximate surface area is 224 Å². The fourth-order valence-electron chi connectivity index (χ4n) is 6.05. The van der Waals surface area contributed by atoms with Gasteiger partial charge in [-0.25, -0.2) is 0 Å². The lowest BCUT2D eigenvalue weighted by molar-refractivity contribution is -0.138. The molecule has 0 aromatic heterocycles. The number of likely N-dealkylation sites (tertiary alicyclic amines) is 1. The number of carboxylic acid groups (broad SMARTS) is 1. The third-order valence-electron chi connectivity index (χ3n) is 7.91. The smallest absolute Gasteiger partial charge is 0.304 e. The Balaban J connectivity index is 1.42. The Morgan fingerprint density at radius 1 is 1.05 bits per heavy atom. The quantitative estimate of drug-likeness (QED) is 0.373. The van der Waals surface area contributed by atoms with Crippen molar-refractivity contribution in [1.82, 2.24) is 4.90 Å². The lowest BCUT2D eigenvalue weighted by Crippen LogP contribution is -2.40. The van der Waals surface area contributed by atoms with E-state index in [0.29, 0.717) is 18.7 Å². The molecule has 0 saturated carbocycles. The molecular weight excluding hydrogens is 476 g/mol. The molecule has 1 N–H and O–H groups in total. The van der Waals surface area contributed by atoms with E-state index in [0.717, 1.165) is 78.8 Å². The van der Waals surface area contributed by atoms with Gasteiger partial charge in [0.15, 0.2) is 0 Å². The minimum atomic E-state index is -0.740. The summed E-state index contributed by atoms with van der Waals surface area (Å²) in [5.41, 5.74) is 7.06. The molecule has 1 heterocycles. The number of carbonyl (C=O) groups is 1. The van der Waals surface area contributed by atoms with Gasteiger partial charge in [0.25, 0.3) is 0 Å². The van der Waals surface area contributed by atoms with Crippen LogP contribution in [0.5, 0.6) is 11.5 Å². The topological polar surface area (TPSA) is 82.8 Å². The average molecular weight is 511 g/mol. The normalized spacial score (nSPS) is 17.0. The van der Waals surface area contributed by atoms with Crippen molar-refractivity contribution in [3.05, 3.63) is 82.4 Å². The number of hydrogen-bond donors (Lipinski definition) is 1. The van der Waals surface area contributed by atoms with Crippen LogP contribution in [0, 0.1) is 11.3 Å². The van der Waals surface area contributed by atoms with E-state index in [-0.39, 0.29) is 12.5 Å². The molecular formula is C32H34N2O4. The van der Waals surface area contributed by atoms with Gasteiger partial charge >= 0.3 is 5.97 Å². The summed E-state index contributed by atoms with van der Waals surface area (Å²) in [6, 6.07) is 20.3. The van der Waals surface area contributed by atoms with E-state index >= 15 is 0 Å². The largest absolute Gasteiger partial charge is 0.496 e. The van der Waals surface area contributed by atoms with Gasteiger partial charge < -0.3 is 14.6 Å². The fourth-order valence-corrected chi connectivity index (χ4v) is 6.05. The standard InChI is InChI=1S/C32H34N2O4/c1-37-30-18-31(38-21-23-11-7-13-25(28(23)19-33)22-9-3-2-4-10-22)27-15-8-14-26(27)29(30)20-34-16-6-5-12-24(34)17-32(35)36/h2-4,7,9-11,13,18,24H,5-6,8,12,14-17,20-21H2,1H3,(H,35,36). The first-order chi connectivity index (χ1) is 18.6. The van der Waals surface area contributed by atoms with E-state index in [9.17, 15) is 15.2 Å². The van der Waals surface area contributed by atoms with Crippen LogP contribution < -0.4 is 9.47 Å². The summed E-state index contributed by atoms with van der Waals surface area (Å²) in [6.45, 7) is 1.90. The van der Waals surface area contributed by atoms with Crippen LogP contribution in [0.1, 0.15) is 59.9 Å². The van der Waals surface area contributed by atoms with Crippen molar-refractivity contribution in [1.29, 1.82) is 5.26 Å². The van der Waals surface area contributed by atoms with Crippen LogP contribution >= 0.6 is 0 Å². The number of ether oxygens (including phenoxy) is 2. The van der Waals surface area contributed by atoms with Crippen molar-refractivity contribution >= 4 is 5.97 Å². The highest BCUT2D eigenvalue weighted by atomic mass is 16.5. The minimum Gasteiger partial charge on any atom is -0.496 e. The second kappa shape index (κ2) is 11.7. The zero-order chi connectivity index (χ0) is 26.5. The van der Waals surface area contributed by atoms with Crippen LogP contribution in [-0.4, -0.2) is 35.7 Å². The molecule has 1 aliphatic carbocycles. The molecule has 6 nitrogen and oxygen atoms in total. The number of rotatable bonds is 9. The van der Waals surface area contributed by atoms with E-state index in [1.165, 1.54) is 11.1 Å². The predicted octanol–water partition coefficient (Wildman–Crippen LogP) is 6.13. The average Bonchev–Trinajstić information content (AvgIpc) is 3.44. The van der Waals surface area contributed by atoms with Crippen LogP contribution in [0.2, 0.25) is 0 Å². The number of nitrogens with zero attached hydrogens (tertiary/aromatic N) is 2. The zero-order valence-electron chi connectivity index (χ0n) is 21.9. The van der Waals surface area contributed by atoms with Gasteiger partial charge in [-0.15, -0.1) is 0 Å². The van der Waals surface area contributed by atoms with Crippen molar-refractivity contribution in [3.8, 4) is 28.7 Å². The number of hydrogen-bond acceptors (Lipinski definition) is 5. The SMILES string of the molecule is COc1cc(OCc2cccc(-c3ccccc3)c2C#N)c2c(c1CN1CCCCC1CC(=O)O)CCC2. The number of piperidine rings is 1. The molecule has 0 amide bonds. The number of benzene rings is 3. The van der Waals surface area contributed by atoms with Gasteiger partial charge in [0.1, 0.15) is 24.2 Å². The molecule has 3 aromatic rings. The summed E-state index contributed by atoms with van der Waals surface area (Å²) < 4.78 is 12.3. The number of fused-ring (bicyclic) bond motifs is 1. The maximum Gasteiger partial charge on any atom is 0.304 e. The molecule has 1 atom stereocenters. The van der Waals surface area contributed by atoms with Gasteiger partial charge in [-0.1, -0.05) is 55.0 Å². The summed E-state index contributed by atoms with van der Waals surface area (Å²) in [6.07, 6.45) is 6.21. The van der Waals surface area contributed by atoms with Crippen LogP contribution in [0.3, 0.4) is 0 Å². The molecule has 0 spiro atoms. The Morgan fingerprint density at radius 3 is 2.63 bits per heavy atom. The molecule has 38 heavy (non-hydrogen) atoms. The van der Waals surface area contributed by atoms with Gasteiger partial charge in [-0.05, 0) is 60.9 Å². The van der Waals surface area contributed by atoms with E-state index < -0.39 is 5.97 Å². The fraction of sp³-hybridized carbons (Fsp3) is 0.375. The van der Waals surface area contributed by atoms with Crippen LogP contribution in [-0.2, 0) is 30.8 Å². The first-order valence-corrected chi connectivity index (χ1v) is 13.5. The predicted molar refractivity (Wildman–Crippen MR) is 146 cm³/mol. The third-order valence-corrected chi connectivity index (χ3v) is 7.91. The first kappa shape index (κ1) is 25.8. The Morgan fingerprint density at radius 2 is 1.87 bits per heavy atom. The zero-order valence-corrected chi connectivity index (χ0v) is 21.9. The Hall–Kier alpha value is -3.82. The molecule has 1 saturated heterocycles. The molecule has 1 aliphatic heterocycles. The number of methoxy groups -OCH3 is 1. The summed E-state index contributed by atoms with van der Waals surface area (Å²) in [5, 5.41) is 19.4. The molecule has 0 radical (unpaired) electrons. The lowest BCUT2D eigenvalue weighted by atomic mass is 9.95. The number of aliphatic carboxylic acids is 1. The molecule has 196 valence electrons. The molecule has 1 unspecified atom stereocenters. The highest BCUT2D eigenvalue weighted by molar-refractivity contribution is 5.72. The van der Waals surface area contributed by atoms with Crippen LogP contribution in [0.15, 0.2) is 54.6 Å². The molecule has 3 aromatic carbocycles. The van der Waals surface area contributed by atoms with E-state index in [4.69, 9.17) is 9.47 Å². The number of nitriles is 1. The van der Waals surface area contributed by atoms with E-state index in [1.807, 2.05) is 54.6 Å². The monoisotopic (exact) mass is 510 g/mol. The summed E-state index contributed by atoms with van der Waals surface area (Å²) >= 11 is 0. The molecule has 0 bridgehead atoms. The van der Waals surface area contributed by atoms with Gasteiger partial charge in [0.2, 0.25) is 0 Å². The minimum absolute atomic E-state index is 0.0558.